The fraction of sp³-hybridized carbons (Fsp3) is 0.278. The number of hydrogen-bond acceptors (Lipinski definition) is 4. The van der Waals surface area contributed by atoms with Gasteiger partial charge in [0, 0.05) is 12.0 Å². The van der Waals surface area contributed by atoms with E-state index in [0.717, 1.165) is 12.8 Å². The molecule has 0 bridgehead atoms. The Morgan fingerprint density at radius 2 is 1.88 bits per heavy atom. The predicted molar refractivity (Wildman–Crippen MR) is 94.1 cm³/mol. The standard InChI is InChI=1S/C18H20N2O4S/c1-24-16-8-7-14(25(19,22)23)11-15(16)17(21)20-12-18(9-10-18)13-5-3-2-4-6-13/h2-8,11H,9-10,12H2,1H3,(H,20,21)(H2,19,22,23). The van der Waals surface area contributed by atoms with Crippen LogP contribution in [0.4, 0.5) is 0 Å². The molecule has 3 N–H and O–H groups in total. The van der Waals surface area contributed by atoms with E-state index in [9.17, 15) is 13.2 Å². The van der Waals surface area contributed by atoms with Crippen LogP contribution in [0.3, 0.4) is 0 Å². The Hall–Kier alpha value is -2.38. The summed E-state index contributed by atoms with van der Waals surface area (Å²) in [5.74, 6) is -0.0842. The quantitative estimate of drug-likeness (QED) is 0.821. The Labute approximate surface area is 147 Å². The number of carbonyl (C=O) groups is 1. The fourth-order valence-electron chi connectivity index (χ4n) is 2.90. The van der Waals surface area contributed by atoms with Gasteiger partial charge in [-0.3, -0.25) is 4.79 Å². The summed E-state index contributed by atoms with van der Waals surface area (Å²) in [6.07, 6.45) is 2.01. The molecule has 0 aliphatic heterocycles. The maximum atomic E-state index is 12.6. The highest BCUT2D eigenvalue weighted by molar-refractivity contribution is 7.89. The average molecular weight is 360 g/mol. The molecule has 6 nitrogen and oxygen atoms in total. The maximum absolute atomic E-state index is 12.6. The molecule has 7 heteroatoms. The van der Waals surface area contributed by atoms with Crippen LogP contribution in [0.25, 0.3) is 0 Å². The highest BCUT2D eigenvalue weighted by Crippen LogP contribution is 2.47. The second-order valence-corrected chi connectivity index (χ2v) is 7.80. The lowest BCUT2D eigenvalue weighted by atomic mass is 9.96. The Bertz CT molecular complexity index is 891. The number of nitrogens with one attached hydrogen (secondary N) is 1. The van der Waals surface area contributed by atoms with E-state index in [2.05, 4.69) is 17.4 Å². The number of hydrogen-bond donors (Lipinski definition) is 2. The highest BCUT2D eigenvalue weighted by Gasteiger charge is 2.44. The zero-order valence-corrected chi connectivity index (χ0v) is 14.7. The molecule has 1 aliphatic rings. The van der Waals surface area contributed by atoms with Crippen LogP contribution < -0.4 is 15.2 Å². The average Bonchev–Trinajstić information content (AvgIpc) is 3.40. The molecule has 1 aliphatic carbocycles. The third-order valence-corrected chi connectivity index (χ3v) is 5.48. The van der Waals surface area contributed by atoms with Gasteiger partial charge in [-0.05, 0) is 36.6 Å². The van der Waals surface area contributed by atoms with E-state index in [0.29, 0.717) is 12.3 Å². The van der Waals surface area contributed by atoms with Crippen LogP contribution in [0.2, 0.25) is 0 Å². The number of amides is 1. The van der Waals surface area contributed by atoms with Crippen LogP contribution in [-0.2, 0) is 15.4 Å². The summed E-state index contributed by atoms with van der Waals surface area (Å²) < 4.78 is 28.2. The SMILES string of the molecule is COc1ccc(S(N)(=O)=O)cc1C(=O)NCC1(c2ccccc2)CC1. The summed E-state index contributed by atoms with van der Waals surface area (Å²) in [6.45, 7) is 0.485. The summed E-state index contributed by atoms with van der Waals surface area (Å²) in [6, 6.07) is 14.0. The number of ether oxygens (including phenoxy) is 1. The van der Waals surface area contributed by atoms with Crippen molar-refractivity contribution < 1.29 is 17.9 Å². The summed E-state index contributed by atoms with van der Waals surface area (Å²) in [4.78, 5) is 12.5. The molecule has 3 rings (SSSR count). The second kappa shape index (κ2) is 6.50. The van der Waals surface area contributed by atoms with Gasteiger partial charge in [-0.2, -0.15) is 0 Å². The molecule has 0 unspecified atom stereocenters. The van der Waals surface area contributed by atoms with E-state index >= 15 is 0 Å². The van der Waals surface area contributed by atoms with E-state index in [1.165, 1.54) is 30.9 Å². The third kappa shape index (κ3) is 3.67. The number of benzene rings is 2. The van der Waals surface area contributed by atoms with Crippen molar-refractivity contribution in [2.45, 2.75) is 23.2 Å². The van der Waals surface area contributed by atoms with Gasteiger partial charge in [0.25, 0.3) is 5.91 Å². The molecule has 0 aromatic heterocycles. The Kier molecular flexibility index (Phi) is 4.53. The number of nitrogens with two attached hydrogens (primary N) is 1. The van der Waals surface area contributed by atoms with Crippen molar-refractivity contribution in [2.75, 3.05) is 13.7 Å². The van der Waals surface area contributed by atoms with Crippen LogP contribution in [0.1, 0.15) is 28.8 Å². The molecular weight excluding hydrogens is 340 g/mol. The minimum atomic E-state index is -3.89. The van der Waals surface area contributed by atoms with Gasteiger partial charge in [0.1, 0.15) is 5.75 Å². The lowest BCUT2D eigenvalue weighted by molar-refractivity contribution is 0.0946. The topological polar surface area (TPSA) is 98.5 Å². The third-order valence-electron chi connectivity index (χ3n) is 4.57. The fourth-order valence-corrected chi connectivity index (χ4v) is 3.44. The van der Waals surface area contributed by atoms with Crippen LogP contribution >= 0.6 is 0 Å². The van der Waals surface area contributed by atoms with Crippen LogP contribution in [-0.4, -0.2) is 28.0 Å². The van der Waals surface area contributed by atoms with Crippen molar-refractivity contribution in [3.05, 3.63) is 59.7 Å². The molecule has 0 spiro atoms. The van der Waals surface area contributed by atoms with Crippen LogP contribution in [0.15, 0.2) is 53.4 Å². The minimum absolute atomic E-state index is 0.0400. The first-order valence-corrected chi connectivity index (χ1v) is 9.45. The summed E-state index contributed by atoms with van der Waals surface area (Å²) in [5.41, 5.74) is 1.31. The van der Waals surface area contributed by atoms with Gasteiger partial charge in [0.2, 0.25) is 10.0 Å². The van der Waals surface area contributed by atoms with Gasteiger partial charge >= 0.3 is 0 Å². The van der Waals surface area contributed by atoms with E-state index < -0.39 is 10.0 Å². The molecule has 1 saturated carbocycles. The van der Waals surface area contributed by atoms with Crippen LogP contribution in [0.5, 0.6) is 5.75 Å². The van der Waals surface area contributed by atoms with Gasteiger partial charge in [0.05, 0.1) is 17.6 Å². The van der Waals surface area contributed by atoms with E-state index in [1.54, 1.807) is 0 Å². The van der Waals surface area contributed by atoms with E-state index in [4.69, 9.17) is 9.88 Å². The van der Waals surface area contributed by atoms with E-state index in [-0.39, 0.29) is 21.8 Å². The van der Waals surface area contributed by atoms with E-state index in [1.807, 2.05) is 18.2 Å². The number of sulfonamides is 1. The van der Waals surface area contributed by atoms with Gasteiger partial charge in [-0.1, -0.05) is 30.3 Å². The molecule has 2 aromatic rings. The Balaban J connectivity index is 1.80. The van der Waals surface area contributed by atoms with Crippen molar-refractivity contribution in [2.24, 2.45) is 5.14 Å². The van der Waals surface area contributed by atoms with Crippen molar-refractivity contribution in [3.8, 4) is 5.75 Å². The van der Waals surface area contributed by atoms with Gasteiger partial charge < -0.3 is 10.1 Å². The lowest BCUT2D eigenvalue weighted by Crippen LogP contribution is -2.32. The molecule has 0 saturated heterocycles. The lowest BCUT2D eigenvalue weighted by Gasteiger charge is -2.17. The molecule has 132 valence electrons. The highest BCUT2D eigenvalue weighted by atomic mass is 32.2. The number of primary sulfonamides is 1. The second-order valence-electron chi connectivity index (χ2n) is 6.24. The number of rotatable bonds is 6. The summed E-state index contributed by atoms with van der Waals surface area (Å²) >= 11 is 0. The first kappa shape index (κ1) is 17.4. The van der Waals surface area contributed by atoms with Crippen molar-refractivity contribution in [3.63, 3.8) is 0 Å². The normalized spacial score (nSPS) is 15.4. The van der Waals surface area contributed by atoms with Crippen molar-refractivity contribution in [1.82, 2.24) is 5.32 Å². The number of carbonyl (C=O) groups excluding carboxylic acids is 1. The molecule has 25 heavy (non-hydrogen) atoms. The van der Waals surface area contributed by atoms with Crippen molar-refractivity contribution in [1.29, 1.82) is 0 Å². The van der Waals surface area contributed by atoms with Gasteiger partial charge in [-0.15, -0.1) is 0 Å². The molecule has 2 aromatic carbocycles. The number of methoxy groups -OCH3 is 1. The smallest absolute Gasteiger partial charge is 0.255 e. The zero-order valence-electron chi connectivity index (χ0n) is 13.9. The molecule has 0 heterocycles. The zero-order chi connectivity index (χ0) is 18.1. The summed E-state index contributed by atoms with van der Waals surface area (Å²) in [7, 11) is -2.47. The molecule has 0 atom stereocenters. The predicted octanol–water partition coefficient (Wildman–Crippen LogP) is 1.80. The first-order chi connectivity index (χ1) is 11.9. The molecular formula is C18H20N2O4S. The molecule has 1 fully saturated rings. The summed E-state index contributed by atoms with van der Waals surface area (Å²) in [5, 5.41) is 8.05. The first-order valence-electron chi connectivity index (χ1n) is 7.90. The minimum Gasteiger partial charge on any atom is -0.496 e. The Morgan fingerprint density at radius 1 is 1.20 bits per heavy atom. The Morgan fingerprint density at radius 3 is 2.44 bits per heavy atom. The molecule has 0 radical (unpaired) electrons. The van der Waals surface area contributed by atoms with Crippen LogP contribution in [0, 0.1) is 0 Å². The van der Waals surface area contributed by atoms with Gasteiger partial charge in [0.15, 0.2) is 0 Å². The monoisotopic (exact) mass is 360 g/mol. The molecule has 1 amide bonds. The van der Waals surface area contributed by atoms with Crippen molar-refractivity contribution >= 4 is 15.9 Å². The largest absolute Gasteiger partial charge is 0.496 e. The van der Waals surface area contributed by atoms with Gasteiger partial charge in [-0.25, -0.2) is 13.6 Å². The maximum Gasteiger partial charge on any atom is 0.255 e.